The smallest absolute Gasteiger partial charge is 0.259 e. The highest BCUT2D eigenvalue weighted by Crippen LogP contribution is 2.26. The van der Waals surface area contributed by atoms with E-state index in [1.807, 2.05) is 0 Å². The van der Waals surface area contributed by atoms with Crippen LogP contribution in [0.2, 0.25) is 5.02 Å². The van der Waals surface area contributed by atoms with Crippen molar-refractivity contribution in [3.63, 3.8) is 0 Å². The summed E-state index contributed by atoms with van der Waals surface area (Å²) < 4.78 is 18.6. The highest BCUT2D eigenvalue weighted by Gasteiger charge is 2.16. The monoisotopic (exact) mass is 329 g/mol. The van der Waals surface area contributed by atoms with E-state index in [-0.39, 0.29) is 11.7 Å². The van der Waals surface area contributed by atoms with E-state index in [2.05, 4.69) is 5.32 Å². The summed E-state index contributed by atoms with van der Waals surface area (Å²) in [6, 6.07) is 14.4. The summed E-state index contributed by atoms with van der Waals surface area (Å²) in [5.74, 6) is 0.416. The Bertz CT molecular complexity index is 838. The Morgan fingerprint density at radius 1 is 1.09 bits per heavy atom. The third-order valence-corrected chi connectivity index (χ3v) is 3.65. The van der Waals surface area contributed by atoms with Gasteiger partial charge >= 0.3 is 0 Å². The molecule has 0 fully saturated rings. The van der Waals surface area contributed by atoms with Crippen LogP contribution in [0.15, 0.2) is 59.0 Å². The van der Waals surface area contributed by atoms with Crippen LogP contribution in [0.1, 0.15) is 16.1 Å². The lowest BCUT2D eigenvalue weighted by Gasteiger charge is -2.03. The molecule has 116 valence electrons. The maximum Gasteiger partial charge on any atom is 0.259 e. The van der Waals surface area contributed by atoms with Gasteiger partial charge in [-0.15, -0.1) is 0 Å². The van der Waals surface area contributed by atoms with Crippen LogP contribution in [0.3, 0.4) is 0 Å². The van der Waals surface area contributed by atoms with Crippen molar-refractivity contribution in [2.75, 3.05) is 5.32 Å². The van der Waals surface area contributed by atoms with Crippen molar-refractivity contribution in [3.05, 3.63) is 76.8 Å². The summed E-state index contributed by atoms with van der Waals surface area (Å²) in [6.45, 7) is 1.71. The van der Waals surface area contributed by atoms with Crippen molar-refractivity contribution in [3.8, 4) is 11.3 Å². The first-order chi connectivity index (χ1) is 11.0. The van der Waals surface area contributed by atoms with Crippen LogP contribution in [-0.4, -0.2) is 5.91 Å². The Hall–Kier alpha value is -2.59. The molecule has 0 aliphatic carbocycles. The van der Waals surface area contributed by atoms with Crippen molar-refractivity contribution in [1.29, 1.82) is 0 Å². The van der Waals surface area contributed by atoms with E-state index in [9.17, 15) is 9.18 Å². The molecule has 2 aromatic carbocycles. The van der Waals surface area contributed by atoms with Crippen LogP contribution in [-0.2, 0) is 0 Å². The first kappa shape index (κ1) is 15.3. The zero-order chi connectivity index (χ0) is 16.4. The SMILES string of the molecule is Cc1oc(-c2ccc(F)cc2)cc1C(=O)Nc1ccc(Cl)cc1. The van der Waals surface area contributed by atoms with Gasteiger partial charge in [-0.25, -0.2) is 4.39 Å². The fourth-order valence-electron chi connectivity index (χ4n) is 2.20. The molecule has 3 aromatic rings. The van der Waals surface area contributed by atoms with Crippen molar-refractivity contribution in [2.24, 2.45) is 0 Å². The van der Waals surface area contributed by atoms with Gasteiger partial charge in [0.15, 0.2) is 0 Å². The minimum Gasteiger partial charge on any atom is -0.461 e. The lowest BCUT2D eigenvalue weighted by atomic mass is 10.1. The second-order valence-electron chi connectivity index (χ2n) is 5.05. The number of anilines is 1. The van der Waals surface area contributed by atoms with Gasteiger partial charge in [0.05, 0.1) is 5.56 Å². The van der Waals surface area contributed by atoms with Crippen LogP contribution in [0.25, 0.3) is 11.3 Å². The Kier molecular flexibility index (Phi) is 4.17. The number of hydrogen-bond acceptors (Lipinski definition) is 2. The summed E-state index contributed by atoms with van der Waals surface area (Å²) >= 11 is 5.82. The molecule has 5 heteroatoms. The van der Waals surface area contributed by atoms with E-state index in [1.165, 1.54) is 12.1 Å². The summed E-state index contributed by atoms with van der Waals surface area (Å²) in [4.78, 5) is 12.4. The van der Waals surface area contributed by atoms with Gasteiger partial charge in [-0.1, -0.05) is 11.6 Å². The fourth-order valence-corrected chi connectivity index (χ4v) is 2.32. The fraction of sp³-hybridized carbons (Fsp3) is 0.0556. The maximum absolute atomic E-state index is 13.0. The van der Waals surface area contributed by atoms with E-state index in [1.54, 1.807) is 49.4 Å². The summed E-state index contributed by atoms with van der Waals surface area (Å²) in [5, 5.41) is 3.38. The molecule has 0 aliphatic rings. The molecule has 3 nitrogen and oxygen atoms in total. The van der Waals surface area contributed by atoms with E-state index >= 15 is 0 Å². The van der Waals surface area contributed by atoms with Crippen LogP contribution >= 0.6 is 11.6 Å². The lowest BCUT2D eigenvalue weighted by Crippen LogP contribution is -2.11. The molecule has 0 spiro atoms. The molecule has 0 atom stereocenters. The Morgan fingerprint density at radius 3 is 2.39 bits per heavy atom. The highest BCUT2D eigenvalue weighted by atomic mass is 35.5. The van der Waals surface area contributed by atoms with Gasteiger partial charge in [-0.05, 0) is 61.5 Å². The van der Waals surface area contributed by atoms with Crippen LogP contribution in [0.5, 0.6) is 0 Å². The molecule has 1 aromatic heterocycles. The zero-order valence-corrected chi connectivity index (χ0v) is 13.0. The molecule has 23 heavy (non-hydrogen) atoms. The van der Waals surface area contributed by atoms with Crippen LogP contribution < -0.4 is 5.32 Å². The number of nitrogens with one attached hydrogen (secondary N) is 1. The zero-order valence-electron chi connectivity index (χ0n) is 12.3. The summed E-state index contributed by atoms with van der Waals surface area (Å²) in [6.07, 6.45) is 0. The van der Waals surface area contributed by atoms with Gasteiger partial charge in [-0.3, -0.25) is 4.79 Å². The quantitative estimate of drug-likeness (QED) is 0.708. The Morgan fingerprint density at radius 2 is 1.74 bits per heavy atom. The molecule has 0 unspecified atom stereocenters. The second-order valence-corrected chi connectivity index (χ2v) is 5.48. The van der Waals surface area contributed by atoms with Crippen molar-refractivity contribution in [2.45, 2.75) is 6.92 Å². The van der Waals surface area contributed by atoms with Gasteiger partial charge in [0.1, 0.15) is 17.3 Å². The number of furan rings is 1. The number of aryl methyl sites for hydroxylation is 1. The number of benzene rings is 2. The van der Waals surface area contributed by atoms with Crippen molar-refractivity contribution in [1.82, 2.24) is 0 Å². The van der Waals surface area contributed by atoms with E-state index in [4.69, 9.17) is 16.0 Å². The largest absolute Gasteiger partial charge is 0.461 e. The average Bonchev–Trinajstić information content (AvgIpc) is 2.92. The Balaban J connectivity index is 1.84. The van der Waals surface area contributed by atoms with Crippen LogP contribution in [0, 0.1) is 12.7 Å². The first-order valence-corrected chi connectivity index (χ1v) is 7.34. The number of rotatable bonds is 3. The summed E-state index contributed by atoms with van der Waals surface area (Å²) in [7, 11) is 0. The van der Waals surface area contributed by atoms with Crippen molar-refractivity contribution >= 4 is 23.2 Å². The number of amides is 1. The topological polar surface area (TPSA) is 42.2 Å². The first-order valence-electron chi connectivity index (χ1n) is 6.96. The molecule has 1 amide bonds. The Labute approximate surface area is 137 Å². The molecular formula is C18H13ClFNO2. The van der Waals surface area contributed by atoms with E-state index in [0.717, 1.165) is 0 Å². The molecule has 0 saturated carbocycles. The standard InChI is InChI=1S/C18H13ClFNO2/c1-11-16(18(22)21-15-8-4-13(19)5-9-15)10-17(23-11)12-2-6-14(20)7-3-12/h2-10H,1H3,(H,21,22). The number of carbonyl (C=O) groups is 1. The predicted molar refractivity (Wildman–Crippen MR) is 88.2 cm³/mol. The normalized spacial score (nSPS) is 10.6. The molecule has 0 bridgehead atoms. The molecule has 0 saturated heterocycles. The minimum atomic E-state index is -0.322. The van der Waals surface area contributed by atoms with Gasteiger partial charge < -0.3 is 9.73 Å². The average molecular weight is 330 g/mol. The molecular weight excluding hydrogens is 317 g/mol. The maximum atomic E-state index is 13.0. The number of halogens is 2. The molecule has 1 N–H and O–H groups in total. The molecule has 3 rings (SSSR count). The van der Waals surface area contributed by atoms with E-state index < -0.39 is 0 Å². The highest BCUT2D eigenvalue weighted by molar-refractivity contribution is 6.30. The van der Waals surface area contributed by atoms with Gasteiger partial charge in [0, 0.05) is 16.3 Å². The summed E-state index contributed by atoms with van der Waals surface area (Å²) in [5.41, 5.74) is 1.78. The van der Waals surface area contributed by atoms with Crippen LogP contribution in [0.4, 0.5) is 10.1 Å². The van der Waals surface area contributed by atoms with Gasteiger partial charge in [0.25, 0.3) is 5.91 Å². The van der Waals surface area contributed by atoms with Crippen molar-refractivity contribution < 1.29 is 13.6 Å². The predicted octanol–water partition coefficient (Wildman–Crippen LogP) is 5.30. The molecule has 0 radical (unpaired) electrons. The minimum absolute atomic E-state index is 0.276. The number of hydrogen-bond donors (Lipinski definition) is 1. The second kappa shape index (κ2) is 6.26. The molecule has 0 aliphatic heterocycles. The third-order valence-electron chi connectivity index (χ3n) is 3.39. The molecule has 1 heterocycles. The van der Waals surface area contributed by atoms with Gasteiger partial charge in [0.2, 0.25) is 0 Å². The lowest BCUT2D eigenvalue weighted by molar-refractivity contribution is 0.102. The number of carbonyl (C=O) groups excluding carboxylic acids is 1. The third kappa shape index (κ3) is 3.43. The van der Waals surface area contributed by atoms with E-state index in [0.29, 0.717) is 33.4 Å². The van der Waals surface area contributed by atoms with Gasteiger partial charge in [-0.2, -0.15) is 0 Å².